The highest BCUT2D eigenvalue weighted by molar-refractivity contribution is 5.86. The summed E-state index contributed by atoms with van der Waals surface area (Å²) in [6, 6.07) is 27.4. The van der Waals surface area contributed by atoms with Gasteiger partial charge in [0.05, 0.1) is 0 Å². The Balaban J connectivity index is 1.49. The van der Waals surface area contributed by atoms with Crippen LogP contribution in [0.25, 0.3) is 10.8 Å². The lowest BCUT2D eigenvalue weighted by Crippen LogP contribution is -2.35. The first-order chi connectivity index (χ1) is 12.3. The highest BCUT2D eigenvalue weighted by Gasteiger charge is 2.24. The Kier molecular flexibility index (Phi) is 4.85. The van der Waals surface area contributed by atoms with E-state index in [4.69, 9.17) is 0 Å². The van der Waals surface area contributed by atoms with Crippen LogP contribution in [-0.2, 0) is 0 Å². The van der Waals surface area contributed by atoms with E-state index in [9.17, 15) is 0 Å². The van der Waals surface area contributed by atoms with Crippen molar-refractivity contribution >= 4 is 10.8 Å². The molecule has 1 unspecified atom stereocenters. The molecule has 1 N–H and O–H groups in total. The van der Waals surface area contributed by atoms with Crippen molar-refractivity contribution in [2.45, 2.75) is 50.6 Å². The van der Waals surface area contributed by atoms with Crippen molar-refractivity contribution in [3.8, 4) is 0 Å². The SMILES string of the molecule is C[C@@H](NC1CCC[C@H](c2ccccc2)C1)c1cccc2ccccc12. The number of fused-ring (bicyclic) bond motifs is 1. The molecule has 3 aromatic carbocycles. The van der Waals surface area contributed by atoms with Gasteiger partial charge in [-0.1, -0.05) is 79.2 Å². The maximum absolute atomic E-state index is 3.93. The second kappa shape index (κ2) is 7.41. The molecule has 3 atom stereocenters. The van der Waals surface area contributed by atoms with E-state index in [1.54, 1.807) is 0 Å². The van der Waals surface area contributed by atoms with Crippen LogP contribution >= 0.6 is 0 Å². The fraction of sp³-hybridized carbons (Fsp3) is 0.333. The topological polar surface area (TPSA) is 12.0 Å². The van der Waals surface area contributed by atoms with Crippen LogP contribution in [0.3, 0.4) is 0 Å². The standard InChI is InChI=1S/C24H27N/c1-18(23-16-8-12-20-11-5-6-15-24(20)23)25-22-14-7-13-21(17-22)19-9-3-2-4-10-19/h2-6,8-12,15-16,18,21-22,25H,7,13-14,17H2,1H3/t18-,21+,22?/m1/s1. The normalized spacial score (nSPS) is 22.0. The molecule has 128 valence electrons. The summed E-state index contributed by atoms with van der Waals surface area (Å²) in [5.74, 6) is 0.701. The van der Waals surface area contributed by atoms with E-state index in [0.717, 1.165) is 0 Å². The lowest BCUT2D eigenvalue weighted by molar-refractivity contribution is 0.319. The Labute approximate surface area is 151 Å². The molecule has 1 heteroatoms. The molecule has 4 rings (SSSR count). The van der Waals surface area contributed by atoms with Crippen LogP contribution in [-0.4, -0.2) is 6.04 Å². The monoisotopic (exact) mass is 329 g/mol. The van der Waals surface area contributed by atoms with Gasteiger partial charge < -0.3 is 5.32 Å². The van der Waals surface area contributed by atoms with Crippen LogP contribution in [0.4, 0.5) is 0 Å². The average molecular weight is 329 g/mol. The Morgan fingerprint density at radius 3 is 2.48 bits per heavy atom. The molecule has 0 aromatic heterocycles. The van der Waals surface area contributed by atoms with Crippen molar-refractivity contribution in [2.75, 3.05) is 0 Å². The number of hydrogen-bond acceptors (Lipinski definition) is 1. The second-order valence-electron chi connectivity index (χ2n) is 7.43. The lowest BCUT2D eigenvalue weighted by Gasteiger charge is -2.32. The molecule has 0 amide bonds. The van der Waals surface area contributed by atoms with E-state index in [2.05, 4.69) is 85.0 Å². The summed E-state index contributed by atoms with van der Waals surface area (Å²) in [4.78, 5) is 0. The van der Waals surface area contributed by atoms with Gasteiger partial charge in [-0.3, -0.25) is 0 Å². The summed E-state index contributed by atoms with van der Waals surface area (Å²) in [5, 5.41) is 6.64. The Bertz CT molecular complexity index is 818. The minimum absolute atomic E-state index is 0.380. The molecule has 1 aliphatic carbocycles. The van der Waals surface area contributed by atoms with Crippen LogP contribution in [0.1, 0.15) is 55.7 Å². The quantitative estimate of drug-likeness (QED) is 0.599. The van der Waals surface area contributed by atoms with Crippen molar-refractivity contribution in [1.82, 2.24) is 5.32 Å². The third kappa shape index (κ3) is 3.62. The van der Waals surface area contributed by atoms with E-state index < -0.39 is 0 Å². The zero-order valence-electron chi connectivity index (χ0n) is 15.0. The van der Waals surface area contributed by atoms with Crippen LogP contribution < -0.4 is 5.32 Å². The summed E-state index contributed by atoms with van der Waals surface area (Å²) in [7, 11) is 0. The van der Waals surface area contributed by atoms with E-state index in [0.29, 0.717) is 18.0 Å². The Hall–Kier alpha value is -2.12. The van der Waals surface area contributed by atoms with Crippen LogP contribution in [0.2, 0.25) is 0 Å². The zero-order chi connectivity index (χ0) is 17.1. The first-order valence-electron chi connectivity index (χ1n) is 9.60. The predicted octanol–water partition coefficient (Wildman–Crippen LogP) is 6.22. The minimum atomic E-state index is 0.380. The molecular formula is C24H27N. The van der Waals surface area contributed by atoms with E-state index in [1.165, 1.54) is 47.6 Å². The Morgan fingerprint density at radius 2 is 1.60 bits per heavy atom. The molecule has 0 bridgehead atoms. The van der Waals surface area contributed by atoms with E-state index in [-0.39, 0.29) is 0 Å². The fourth-order valence-corrected chi connectivity index (χ4v) is 4.44. The van der Waals surface area contributed by atoms with Gasteiger partial charge >= 0.3 is 0 Å². The van der Waals surface area contributed by atoms with Gasteiger partial charge in [-0.05, 0) is 54.0 Å². The van der Waals surface area contributed by atoms with Gasteiger partial charge in [-0.15, -0.1) is 0 Å². The molecule has 1 saturated carbocycles. The summed E-state index contributed by atoms with van der Waals surface area (Å²) in [5.41, 5.74) is 2.92. The summed E-state index contributed by atoms with van der Waals surface area (Å²) < 4.78 is 0. The van der Waals surface area contributed by atoms with E-state index >= 15 is 0 Å². The van der Waals surface area contributed by atoms with Gasteiger partial charge in [0.2, 0.25) is 0 Å². The highest BCUT2D eigenvalue weighted by Crippen LogP contribution is 2.34. The second-order valence-corrected chi connectivity index (χ2v) is 7.43. The third-order valence-corrected chi connectivity index (χ3v) is 5.72. The first-order valence-corrected chi connectivity index (χ1v) is 9.60. The molecule has 0 aliphatic heterocycles. The molecule has 1 nitrogen and oxygen atoms in total. The third-order valence-electron chi connectivity index (χ3n) is 5.72. The smallest absolute Gasteiger partial charge is 0.0300 e. The summed E-state index contributed by atoms with van der Waals surface area (Å²) in [6.07, 6.45) is 5.18. The molecule has 3 aromatic rings. The van der Waals surface area contributed by atoms with Crippen LogP contribution in [0.5, 0.6) is 0 Å². The van der Waals surface area contributed by atoms with Crippen molar-refractivity contribution in [2.24, 2.45) is 0 Å². The number of benzene rings is 3. The largest absolute Gasteiger partial charge is 0.307 e. The molecule has 0 spiro atoms. The molecule has 0 saturated heterocycles. The number of nitrogens with one attached hydrogen (secondary N) is 1. The summed E-state index contributed by atoms with van der Waals surface area (Å²) in [6.45, 7) is 2.31. The maximum Gasteiger partial charge on any atom is 0.0300 e. The van der Waals surface area contributed by atoms with Crippen molar-refractivity contribution < 1.29 is 0 Å². The predicted molar refractivity (Wildman–Crippen MR) is 107 cm³/mol. The zero-order valence-corrected chi connectivity index (χ0v) is 15.0. The number of hydrogen-bond donors (Lipinski definition) is 1. The lowest BCUT2D eigenvalue weighted by atomic mass is 9.81. The van der Waals surface area contributed by atoms with Crippen molar-refractivity contribution in [1.29, 1.82) is 0 Å². The molecule has 0 heterocycles. The maximum atomic E-state index is 3.93. The van der Waals surface area contributed by atoms with Gasteiger partial charge in [0.25, 0.3) is 0 Å². The minimum Gasteiger partial charge on any atom is -0.307 e. The molecule has 25 heavy (non-hydrogen) atoms. The van der Waals surface area contributed by atoms with Crippen molar-refractivity contribution in [3.63, 3.8) is 0 Å². The molecule has 0 radical (unpaired) electrons. The Morgan fingerprint density at radius 1 is 0.840 bits per heavy atom. The molecule has 1 fully saturated rings. The number of rotatable bonds is 4. The molecule has 1 aliphatic rings. The van der Waals surface area contributed by atoms with Crippen molar-refractivity contribution in [3.05, 3.63) is 83.9 Å². The highest BCUT2D eigenvalue weighted by atomic mass is 14.9. The summed E-state index contributed by atoms with van der Waals surface area (Å²) >= 11 is 0. The van der Waals surface area contributed by atoms with Gasteiger partial charge in [0.1, 0.15) is 0 Å². The van der Waals surface area contributed by atoms with Crippen LogP contribution in [0.15, 0.2) is 72.8 Å². The van der Waals surface area contributed by atoms with Crippen LogP contribution in [0, 0.1) is 0 Å². The molecular weight excluding hydrogens is 302 g/mol. The average Bonchev–Trinajstić information content (AvgIpc) is 2.68. The van der Waals surface area contributed by atoms with Gasteiger partial charge in [-0.25, -0.2) is 0 Å². The fourth-order valence-electron chi connectivity index (χ4n) is 4.44. The van der Waals surface area contributed by atoms with Gasteiger partial charge in [0.15, 0.2) is 0 Å². The van der Waals surface area contributed by atoms with E-state index in [1.807, 2.05) is 0 Å². The van der Waals surface area contributed by atoms with Gasteiger partial charge in [-0.2, -0.15) is 0 Å². The van der Waals surface area contributed by atoms with Gasteiger partial charge in [0, 0.05) is 12.1 Å². The first kappa shape index (κ1) is 16.4.